The van der Waals surface area contributed by atoms with E-state index in [4.69, 9.17) is 11.6 Å². The lowest BCUT2D eigenvalue weighted by Gasteiger charge is -2.37. The van der Waals surface area contributed by atoms with E-state index in [0.717, 1.165) is 54.4 Å². The van der Waals surface area contributed by atoms with E-state index >= 15 is 0 Å². The molecule has 2 heterocycles. The minimum absolute atomic E-state index is 0.226. The van der Waals surface area contributed by atoms with E-state index in [0.29, 0.717) is 12.5 Å². The van der Waals surface area contributed by atoms with Crippen LogP contribution >= 0.6 is 11.6 Å². The van der Waals surface area contributed by atoms with Crippen molar-refractivity contribution in [2.24, 2.45) is 0 Å². The molecule has 1 saturated heterocycles. The van der Waals surface area contributed by atoms with Gasteiger partial charge in [-0.05, 0) is 43.9 Å². The summed E-state index contributed by atoms with van der Waals surface area (Å²) in [5, 5.41) is 0.721. The van der Waals surface area contributed by atoms with Gasteiger partial charge in [0.05, 0.1) is 0 Å². The summed E-state index contributed by atoms with van der Waals surface area (Å²) in [7, 11) is 2.07. The Balaban J connectivity index is 1.49. The highest BCUT2D eigenvalue weighted by molar-refractivity contribution is 6.30. The SMILES string of the molecule is Cc1cc(N(C)C2CCN(C(=O)CCc3cccc(Cl)c3)CC2)ncn1. The molecule has 1 aromatic heterocycles. The first-order valence-electron chi connectivity index (χ1n) is 9.06. The van der Waals surface area contributed by atoms with Crippen molar-refractivity contribution in [1.82, 2.24) is 14.9 Å². The molecule has 0 bridgehead atoms. The van der Waals surface area contributed by atoms with Gasteiger partial charge in [-0.1, -0.05) is 23.7 Å². The lowest BCUT2D eigenvalue weighted by molar-refractivity contribution is -0.132. The number of amides is 1. The van der Waals surface area contributed by atoms with Crippen molar-refractivity contribution >= 4 is 23.3 Å². The van der Waals surface area contributed by atoms with Gasteiger partial charge in [0.2, 0.25) is 5.91 Å². The highest BCUT2D eigenvalue weighted by Crippen LogP contribution is 2.21. The van der Waals surface area contributed by atoms with E-state index in [-0.39, 0.29) is 5.91 Å². The summed E-state index contributed by atoms with van der Waals surface area (Å²) in [6.07, 6.45) is 4.80. The predicted octanol–water partition coefficient (Wildman–Crippen LogP) is 3.50. The van der Waals surface area contributed by atoms with Crippen LogP contribution in [-0.2, 0) is 11.2 Å². The van der Waals surface area contributed by atoms with Crippen molar-refractivity contribution in [2.75, 3.05) is 25.0 Å². The Hall–Kier alpha value is -2.14. The molecular formula is C20H25ClN4O. The molecule has 1 aliphatic heterocycles. The van der Waals surface area contributed by atoms with Crippen LogP contribution in [0.15, 0.2) is 36.7 Å². The fourth-order valence-electron chi connectivity index (χ4n) is 3.42. The molecule has 0 aliphatic carbocycles. The zero-order valence-corrected chi connectivity index (χ0v) is 16.1. The van der Waals surface area contributed by atoms with Crippen molar-refractivity contribution < 1.29 is 4.79 Å². The van der Waals surface area contributed by atoms with E-state index in [1.807, 2.05) is 42.2 Å². The predicted molar refractivity (Wildman–Crippen MR) is 105 cm³/mol. The van der Waals surface area contributed by atoms with Crippen LogP contribution in [0.5, 0.6) is 0 Å². The maximum Gasteiger partial charge on any atom is 0.222 e. The monoisotopic (exact) mass is 372 g/mol. The maximum atomic E-state index is 12.5. The average molecular weight is 373 g/mol. The van der Waals surface area contributed by atoms with Crippen LogP contribution in [0.2, 0.25) is 5.02 Å². The quantitative estimate of drug-likeness (QED) is 0.806. The van der Waals surface area contributed by atoms with Crippen LogP contribution < -0.4 is 4.90 Å². The van der Waals surface area contributed by atoms with E-state index < -0.39 is 0 Å². The lowest BCUT2D eigenvalue weighted by atomic mass is 10.0. The molecule has 0 atom stereocenters. The summed E-state index contributed by atoms with van der Waals surface area (Å²) in [5.41, 5.74) is 2.08. The zero-order valence-electron chi connectivity index (χ0n) is 15.4. The second-order valence-electron chi connectivity index (χ2n) is 6.87. The molecular weight excluding hydrogens is 348 g/mol. The van der Waals surface area contributed by atoms with E-state index in [2.05, 4.69) is 21.9 Å². The van der Waals surface area contributed by atoms with Crippen molar-refractivity contribution in [1.29, 1.82) is 0 Å². The molecule has 1 fully saturated rings. The number of carbonyl (C=O) groups excluding carboxylic acids is 1. The number of nitrogens with zero attached hydrogens (tertiary/aromatic N) is 4. The first-order valence-corrected chi connectivity index (χ1v) is 9.44. The second-order valence-corrected chi connectivity index (χ2v) is 7.31. The molecule has 3 rings (SSSR count). The van der Waals surface area contributed by atoms with Gasteiger partial charge in [0.1, 0.15) is 12.1 Å². The average Bonchev–Trinajstić information content (AvgIpc) is 2.66. The largest absolute Gasteiger partial charge is 0.356 e. The standard InChI is InChI=1S/C20H25ClN4O/c1-15-12-19(23-14-22-15)24(2)18-8-10-25(11-9-18)20(26)7-6-16-4-3-5-17(21)13-16/h3-5,12-14,18H,6-11H2,1-2H3. The summed E-state index contributed by atoms with van der Waals surface area (Å²) < 4.78 is 0. The van der Waals surface area contributed by atoms with Gasteiger partial charge in [0, 0.05) is 49.4 Å². The smallest absolute Gasteiger partial charge is 0.222 e. The molecule has 1 aromatic carbocycles. The van der Waals surface area contributed by atoms with Crippen molar-refractivity contribution in [3.63, 3.8) is 0 Å². The number of piperidine rings is 1. The summed E-state index contributed by atoms with van der Waals surface area (Å²) >= 11 is 6.01. The van der Waals surface area contributed by atoms with Gasteiger partial charge in [-0.15, -0.1) is 0 Å². The molecule has 0 spiro atoms. The molecule has 6 heteroatoms. The maximum absolute atomic E-state index is 12.5. The number of likely N-dealkylation sites (tertiary alicyclic amines) is 1. The molecule has 138 valence electrons. The van der Waals surface area contributed by atoms with Crippen LogP contribution in [0.25, 0.3) is 0 Å². The molecule has 5 nitrogen and oxygen atoms in total. The Labute approximate surface area is 160 Å². The van der Waals surface area contributed by atoms with Gasteiger partial charge >= 0.3 is 0 Å². The van der Waals surface area contributed by atoms with Gasteiger partial charge in [0.15, 0.2) is 0 Å². The number of benzene rings is 1. The number of hydrogen-bond acceptors (Lipinski definition) is 4. The molecule has 1 amide bonds. The zero-order chi connectivity index (χ0) is 18.5. The second kappa shape index (κ2) is 8.49. The summed E-state index contributed by atoms with van der Waals surface area (Å²) in [6, 6.07) is 10.1. The normalized spacial score (nSPS) is 15.1. The first-order chi connectivity index (χ1) is 12.5. The Kier molecular flexibility index (Phi) is 6.09. The van der Waals surface area contributed by atoms with Gasteiger partial charge in [-0.2, -0.15) is 0 Å². The fourth-order valence-corrected chi connectivity index (χ4v) is 3.64. The topological polar surface area (TPSA) is 49.3 Å². The molecule has 0 unspecified atom stereocenters. The van der Waals surface area contributed by atoms with Gasteiger partial charge in [0.25, 0.3) is 0 Å². The number of rotatable bonds is 5. The van der Waals surface area contributed by atoms with Crippen molar-refractivity contribution in [2.45, 2.75) is 38.6 Å². The minimum atomic E-state index is 0.226. The van der Waals surface area contributed by atoms with Gasteiger partial charge in [-0.3, -0.25) is 4.79 Å². The Morgan fingerprint density at radius 3 is 2.73 bits per heavy atom. The summed E-state index contributed by atoms with van der Waals surface area (Å²) in [5.74, 6) is 1.17. The molecule has 26 heavy (non-hydrogen) atoms. The summed E-state index contributed by atoms with van der Waals surface area (Å²) in [6.45, 7) is 3.57. The Morgan fingerprint density at radius 1 is 1.27 bits per heavy atom. The Bertz CT molecular complexity index is 759. The molecule has 0 radical (unpaired) electrons. The van der Waals surface area contributed by atoms with Crippen LogP contribution in [0.4, 0.5) is 5.82 Å². The highest BCUT2D eigenvalue weighted by atomic mass is 35.5. The van der Waals surface area contributed by atoms with Crippen LogP contribution in [-0.4, -0.2) is 47.0 Å². The minimum Gasteiger partial charge on any atom is -0.356 e. The third-order valence-electron chi connectivity index (χ3n) is 5.03. The number of hydrogen-bond donors (Lipinski definition) is 0. The highest BCUT2D eigenvalue weighted by Gasteiger charge is 2.25. The van der Waals surface area contributed by atoms with Gasteiger partial charge in [-0.25, -0.2) is 9.97 Å². The number of anilines is 1. The lowest BCUT2D eigenvalue weighted by Crippen LogP contribution is -2.46. The van der Waals surface area contributed by atoms with Crippen LogP contribution in [0.3, 0.4) is 0 Å². The molecule has 0 saturated carbocycles. The molecule has 1 aliphatic rings. The Morgan fingerprint density at radius 2 is 2.04 bits per heavy atom. The van der Waals surface area contributed by atoms with Crippen molar-refractivity contribution in [3.8, 4) is 0 Å². The fraction of sp³-hybridized carbons (Fsp3) is 0.450. The van der Waals surface area contributed by atoms with E-state index in [1.54, 1.807) is 6.33 Å². The number of aryl methyl sites for hydroxylation is 2. The first kappa shape index (κ1) is 18.6. The number of carbonyl (C=O) groups is 1. The van der Waals surface area contributed by atoms with Crippen molar-refractivity contribution in [3.05, 3.63) is 52.9 Å². The van der Waals surface area contributed by atoms with E-state index in [9.17, 15) is 4.79 Å². The van der Waals surface area contributed by atoms with Crippen LogP contribution in [0.1, 0.15) is 30.5 Å². The third-order valence-corrected chi connectivity index (χ3v) is 5.27. The third kappa shape index (κ3) is 4.73. The summed E-state index contributed by atoms with van der Waals surface area (Å²) in [4.78, 5) is 25.2. The number of aromatic nitrogens is 2. The van der Waals surface area contributed by atoms with Gasteiger partial charge < -0.3 is 9.80 Å². The molecule has 0 N–H and O–H groups in total. The van der Waals surface area contributed by atoms with E-state index in [1.165, 1.54) is 0 Å². The number of halogens is 1. The van der Waals surface area contributed by atoms with Crippen LogP contribution in [0, 0.1) is 6.92 Å². The molecule has 2 aromatic rings.